The molecule has 2 aromatic carbocycles. The second-order valence-electron chi connectivity index (χ2n) is 6.83. The summed E-state index contributed by atoms with van der Waals surface area (Å²) in [6.07, 6.45) is 1.40. The van der Waals surface area contributed by atoms with Crippen LogP contribution in [0.2, 0.25) is 0 Å². The van der Waals surface area contributed by atoms with Gasteiger partial charge < -0.3 is 14.9 Å². The van der Waals surface area contributed by atoms with Gasteiger partial charge in [0.15, 0.2) is 12.0 Å². The third kappa shape index (κ3) is 3.13. The molecule has 2 aromatic heterocycles. The van der Waals surface area contributed by atoms with Crippen LogP contribution < -0.4 is 5.73 Å². The van der Waals surface area contributed by atoms with Gasteiger partial charge in [0.1, 0.15) is 5.52 Å². The number of rotatable bonds is 3. The van der Waals surface area contributed by atoms with Crippen LogP contribution in [0.3, 0.4) is 0 Å². The van der Waals surface area contributed by atoms with Crippen LogP contribution in [0, 0.1) is 0 Å². The molecule has 148 valence electrons. The quantitative estimate of drug-likeness (QED) is 0.552. The first kappa shape index (κ1) is 18.0. The van der Waals surface area contributed by atoms with Gasteiger partial charge in [0.05, 0.1) is 29.3 Å². The maximum atomic E-state index is 12.9. The van der Waals surface area contributed by atoms with E-state index in [0.717, 1.165) is 11.1 Å². The lowest BCUT2D eigenvalue weighted by molar-refractivity contribution is 0.0730. The Labute approximate surface area is 167 Å². The summed E-state index contributed by atoms with van der Waals surface area (Å²) in [7, 11) is -3.60. The summed E-state index contributed by atoms with van der Waals surface area (Å²) in [5.74, 6) is 0. The summed E-state index contributed by atoms with van der Waals surface area (Å²) in [5.41, 5.74) is 10.3. The van der Waals surface area contributed by atoms with E-state index in [-0.39, 0.29) is 4.90 Å². The van der Waals surface area contributed by atoms with Gasteiger partial charge in [-0.1, -0.05) is 0 Å². The molecule has 0 saturated carbocycles. The molecule has 0 aliphatic carbocycles. The van der Waals surface area contributed by atoms with Crippen LogP contribution in [0.15, 0.2) is 58.2 Å². The van der Waals surface area contributed by atoms with E-state index in [9.17, 15) is 8.42 Å². The van der Waals surface area contributed by atoms with Crippen LogP contribution in [-0.2, 0) is 14.8 Å². The summed E-state index contributed by atoms with van der Waals surface area (Å²) in [6, 6.07) is 12.2. The van der Waals surface area contributed by atoms with Crippen molar-refractivity contribution >= 4 is 37.7 Å². The van der Waals surface area contributed by atoms with E-state index in [4.69, 9.17) is 14.9 Å². The molecule has 1 saturated heterocycles. The van der Waals surface area contributed by atoms with E-state index in [1.807, 2.05) is 18.2 Å². The SMILES string of the molecule is Nc1cc(-c2ccc3ocnc3c2)nc2ccc(S(=O)(=O)N3CCOCC3)cc12. The number of hydrogen-bond acceptors (Lipinski definition) is 7. The Hall–Kier alpha value is -3.01. The van der Waals surface area contributed by atoms with Crippen molar-refractivity contribution in [3.63, 3.8) is 0 Å². The molecule has 0 bridgehead atoms. The monoisotopic (exact) mass is 410 g/mol. The molecule has 1 aliphatic rings. The summed E-state index contributed by atoms with van der Waals surface area (Å²) in [5, 5.41) is 0.602. The molecule has 0 spiro atoms. The molecule has 5 rings (SSSR count). The van der Waals surface area contributed by atoms with E-state index in [1.165, 1.54) is 10.7 Å². The zero-order valence-corrected chi connectivity index (χ0v) is 16.2. The van der Waals surface area contributed by atoms with Crippen molar-refractivity contribution in [2.75, 3.05) is 32.0 Å². The van der Waals surface area contributed by atoms with Gasteiger partial charge in [0.25, 0.3) is 0 Å². The minimum absolute atomic E-state index is 0.206. The second kappa shape index (κ2) is 6.80. The standard InChI is InChI=1S/C20H18N4O4S/c21-16-11-18(13-1-4-20-19(9-13)22-12-28-20)23-17-3-2-14(10-15(16)17)29(25,26)24-5-7-27-8-6-24/h1-4,9-12H,5-8H2,(H2,21,23). The average molecular weight is 410 g/mol. The van der Waals surface area contributed by atoms with Crippen molar-refractivity contribution < 1.29 is 17.6 Å². The van der Waals surface area contributed by atoms with Crippen molar-refractivity contribution in [1.29, 1.82) is 0 Å². The highest BCUT2D eigenvalue weighted by molar-refractivity contribution is 7.89. The zero-order valence-electron chi connectivity index (χ0n) is 15.4. The third-order valence-electron chi connectivity index (χ3n) is 5.05. The minimum atomic E-state index is -3.60. The third-order valence-corrected chi connectivity index (χ3v) is 6.94. The summed E-state index contributed by atoms with van der Waals surface area (Å²) in [4.78, 5) is 9.04. The average Bonchev–Trinajstić information content (AvgIpc) is 3.22. The van der Waals surface area contributed by atoms with Gasteiger partial charge >= 0.3 is 0 Å². The van der Waals surface area contributed by atoms with Gasteiger partial charge in [0, 0.05) is 29.7 Å². The molecule has 8 nitrogen and oxygen atoms in total. The Morgan fingerprint density at radius 1 is 1.00 bits per heavy atom. The number of sulfonamides is 1. The number of oxazole rings is 1. The molecule has 0 atom stereocenters. The maximum Gasteiger partial charge on any atom is 0.243 e. The molecule has 2 N–H and O–H groups in total. The molecule has 1 fully saturated rings. The van der Waals surface area contributed by atoms with E-state index < -0.39 is 10.0 Å². The summed E-state index contributed by atoms with van der Waals surface area (Å²) in [6.45, 7) is 1.49. The minimum Gasteiger partial charge on any atom is -0.443 e. The second-order valence-corrected chi connectivity index (χ2v) is 8.76. The number of nitrogen functional groups attached to an aromatic ring is 1. The highest BCUT2D eigenvalue weighted by Crippen LogP contribution is 2.30. The van der Waals surface area contributed by atoms with Gasteiger partial charge in [-0.2, -0.15) is 4.31 Å². The molecule has 1 aliphatic heterocycles. The number of nitrogens with two attached hydrogens (primary N) is 1. The molecule has 29 heavy (non-hydrogen) atoms. The van der Waals surface area contributed by atoms with Crippen LogP contribution >= 0.6 is 0 Å². The lowest BCUT2D eigenvalue weighted by Gasteiger charge is -2.26. The lowest BCUT2D eigenvalue weighted by atomic mass is 10.1. The predicted octanol–water partition coefficient (Wildman–Crippen LogP) is 2.65. The smallest absolute Gasteiger partial charge is 0.243 e. The number of hydrogen-bond donors (Lipinski definition) is 1. The molecule has 4 aromatic rings. The number of fused-ring (bicyclic) bond motifs is 2. The molecule has 3 heterocycles. The van der Waals surface area contributed by atoms with Gasteiger partial charge in [-0.3, -0.25) is 0 Å². The number of benzene rings is 2. The summed E-state index contributed by atoms with van der Waals surface area (Å²) >= 11 is 0. The molecule has 0 amide bonds. The van der Waals surface area contributed by atoms with Crippen molar-refractivity contribution in [1.82, 2.24) is 14.3 Å². The number of aromatic nitrogens is 2. The number of morpholine rings is 1. The van der Waals surface area contributed by atoms with Crippen molar-refractivity contribution in [2.24, 2.45) is 0 Å². The number of ether oxygens (including phenoxy) is 1. The predicted molar refractivity (Wildman–Crippen MR) is 109 cm³/mol. The van der Waals surface area contributed by atoms with Crippen LogP contribution in [0.1, 0.15) is 0 Å². The van der Waals surface area contributed by atoms with E-state index in [2.05, 4.69) is 9.97 Å². The van der Waals surface area contributed by atoms with Gasteiger partial charge in [-0.25, -0.2) is 18.4 Å². The highest BCUT2D eigenvalue weighted by atomic mass is 32.2. The van der Waals surface area contributed by atoms with Crippen molar-refractivity contribution in [3.8, 4) is 11.3 Å². The number of anilines is 1. The largest absolute Gasteiger partial charge is 0.443 e. The first-order valence-electron chi connectivity index (χ1n) is 9.14. The molecule has 0 unspecified atom stereocenters. The molecular formula is C20H18N4O4S. The zero-order chi connectivity index (χ0) is 20.0. The fourth-order valence-corrected chi connectivity index (χ4v) is 4.93. The van der Waals surface area contributed by atoms with Crippen LogP contribution in [0.4, 0.5) is 5.69 Å². The fraction of sp³-hybridized carbons (Fsp3) is 0.200. The Morgan fingerprint density at radius 2 is 1.83 bits per heavy atom. The van der Waals surface area contributed by atoms with Gasteiger partial charge in [-0.15, -0.1) is 0 Å². The lowest BCUT2D eigenvalue weighted by Crippen LogP contribution is -2.40. The fourth-order valence-electron chi connectivity index (χ4n) is 3.49. The van der Waals surface area contributed by atoms with Crippen molar-refractivity contribution in [2.45, 2.75) is 4.90 Å². The Morgan fingerprint density at radius 3 is 2.66 bits per heavy atom. The first-order chi connectivity index (χ1) is 14.0. The van der Waals surface area contributed by atoms with E-state index in [1.54, 1.807) is 24.3 Å². The van der Waals surface area contributed by atoms with E-state index >= 15 is 0 Å². The maximum absolute atomic E-state index is 12.9. The van der Waals surface area contributed by atoms with Gasteiger partial charge in [0.2, 0.25) is 10.0 Å². The molecule has 0 radical (unpaired) electrons. The molecule has 9 heteroatoms. The van der Waals surface area contributed by atoms with Crippen LogP contribution in [-0.4, -0.2) is 49.0 Å². The number of pyridine rings is 1. The number of nitrogens with zero attached hydrogens (tertiary/aromatic N) is 3. The normalized spacial score (nSPS) is 15.9. The van der Waals surface area contributed by atoms with Crippen LogP contribution in [0.5, 0.6) is 0 Å². The highest BCUT2D eigenvalue weighted by Gasteiger charge is 2.26. The topological polar surface area (TPSA) is 112 Å². The Bertz CT molecular complexity index is 1330. The van der Waals surface area contributed by atoms with Crippen molar-refractivity contribution in [3.05, 3.63) is 48.9 Å². The van der Waals surface area contributed by atoms with E-state index in [0.29, 0.717) is 54.2 Å². The van der Waals surface area contributed by atoms with Gasteiger partial charge in [-0.05, 0) is 42.5 Å². The van der Waals surface area contributed by atoms with Crippen LogP contribution in [0.25, 0.3) is 33.3 Å². The Balaban J connectivity index is 1.57. The molecular weight excluding hydrogens is 392 g/mol. The Kier molecular flexibility index (Phi) is 4.23. The first-order valence-corrected chi connectivity index (χ1v) is 10.6. The summed E-state index contributed by atoms with van der Waals surface area (Å²) < 4.78 is 37.8.